The van der Waals surface area contributed by atoms with E-state index in [1.165, 1.54) is 16.0 Å². The third-order valence-corrected chi connectivity index (χ3v) is 14.1. The fraction of sp³-hybridized carbons (Fsp3) is 0.412. The van der Waals surface area contributed by atoms with E-state index >= 15 is 0 Å². The first-order valence-corrected chi connectivity index (χ1v) is 23.7. The SMILES string of the molecule is Cc1ncsc1-c1ccc(CNC(=O)[C@@H]2C[C@@H](O)CN2C(=O)[C@@H](NC(=O)CCCC(=O)Nc2cccc(-c3ccc4c(c3)[C@H]3[C@H](CCN3Cc3ccncc3)[C@@H](CO)N4)c2)C(C)(C)C)cc1. The molecule has 0 radical (unpaired) electrons. The molecule has 3 aliphatic heterocycles. The van der Waals surface area contributed by atoms with Crippen LogP contribution in [0.1, 0.15) is 81.3 Å². The molecule has 8 rings (SSSR count). The highest BCUT2D eigenvalue weighted by Crippen LogP contribution is 2.48. The highest BCUT2D eigenvalue weighted by Gasteiger charge is 2.45. The van der Waals surface area contributed by atoms with Crippen LogP contribution in [-0.2, 0) is 32.3 Å². The Labute approximate surface area is 390 Å². The standard InChI is InChI=1S/C51H60N8O6S/c1-31-47(66-30-54-31)34-13-11-32(12-14-34)26-53-49(64)43-25-38(61)28-59(43)50(65)48(51(2,3)4)57-45(63)10-6-9-44(62)55-37-8-5-7-35(23-37)36-15-16-41-40(24-36)46-39(42(29-60)56-41)19-22-58(46)27-33-17-20-52-21-18-33/h5,7-8,11-18,20-21,23-24,30,38-39,42-43,46,48,56,60-61H,6,9-10,19,22,25-29H2,1-4H3,(H,53,64)(H,55,62)(H,57,63)/t38-,39-,42-,43+,46-,48-/m1/s1. The zero-order valence-electron chi connectivity index (χ0n) is 38.0. The van der Waals surface area contributed by atoms with E-state index in [0.29, 0.717) is 5.69 Å². The lowest BCUT2D eigenvalue weighted by atomic mass is 9.82. The molecule has 2 fully saturated rings. The number of aliphatic hydroxyl groups excluding tert-OH is 2. The molecule has 4 amide bonds. The maximum atomic E-state index is 14.1. The van der Waals surface area contributed by atoms with Gasteiger partial charge in [0, 0.05) is 74.6 Å². The number of rotatable bonds is 15. The van der Waals surface area contributed by atoms with Gasteiger partial charge in [0.05, 0.1) is 34.8 Å². The van der Waals surface area contributed by atoms with Crippen molar-refractivity contribution >= 4 is 46.3 Å². The fourth-order valence-electron chi connectivity index (χ4n) is 9.66. The molecule has 0 spiro atoms. The van der Waals surface area contributed by atoms with Gasteiger partial charge in [-0.2, -0.15) is 0 Å². The molecule has 0 bridgehead atoms. The lowest BCUT2D eigenvalue weighted by Crippen LogP contribution is -2.57. The number of carbonyl (C=O) groups is 4. The largest absolute Gasteiger partial charge is 0.394 e. The number of aryl methyl sites for hydroxylation is 1. The summed E-state index contributed by atoms with van der Waals surface area (Å²) in [5.74, 6) is -1.17. The lowest BCUT2D eigenvalue weighted by molar-refractivity contribution is -0.144. The highest BCUT2D eigenvalue weighted by atomic mass is 32.1. The molecule has 5 heterocycles. The van der Waals surface area contributed by atoms with E-state index in [-0.39, 0.29) is 81.1 Å². The molecule has 66 heavy (non-hydrogen) atoms. The van der Waals surface area contributed by atoms with Gasteiger partial charge in [0.2, 0.25) is 23.6 Å². The molecule has 0 saturated carbocycles. The minimum Gasteiger partial charge on any atom is -0.394 e. The molecule has 14 nitrogen and oxygen atoms in total. The maximum Gasteiger partial charge on any atom is 0.246 e. The number of benzene rings is 3. The predicted octanol–water partition coefficient (Wildman–Crippen LogP) is 6.45. The van der Waals surface area contributed by atoms with Gasteiger partial charge in [-0.25, -0.2) is 4.98 Å². The number of aromatic nitrogens is 2. The van der Waals surface area contributed by atoms with Gasteiger partial charge in [-0.15, -0.1) is 11.3 Å². The summed E-state index contributed by atoms with van der Waals surface area (Å²) in [6, 6.07) is 24.3. The number of aliphatic hydroxyl groups is 2. The normalized spacial score (nSPS) is 20.8. The molecule has 6 N–H and O–H groups in total. The third-order valence-electron chi connectivity index (χ3n) is 13.1. The monoisotopic (exact) mass is 912 g/mol. The first-order chi connectivity index (χ1) is 31.7. The van der Waals surface area contributed by atoms with Crippen LogP contribution in [0.3, 0.4) is 0 Å². The van der Waals surface area contributed by atoms with Crippen LogP contribution in [0.4, 0.5) is 11.4 Å². The van der Waals surface area contributed by atoms with Crippen LogP contribution in [0, 0.1) is 18.3 Å². The van der Waals surface area contributed by atoms with Crippen LogP contribution in [0.5, 0.6) is 0 Å². The summed E-state index contributed by atoms with van der Waals surface area (Å²) in [5, 5.41) is 33.3. The number of anilines is 2. The van der Waals surface area contributed by atoms with Crippen molar-refractivity contribution in [3.8, 4) is 21.6 Å². The number of likely N-dealkylation sites (tertiary alicyclic amines) is 2. The summed E-state index contributed by atoms with van der Waals surface area (Å²) in [7, 11) is 0. The number of carbonyl (C=O) groups excluding carboxylic acids is 4. The molecule has 0 aliphatic carbocycles. The average molecular weight is 913 g/mol. The number of nitrogens with one attached hydrogen (secondary N) is 4. The molecular weight excluding hydrogens is 853 g/mol. The number of hydrogen-bond acceptors (Lipinski definition) is 11. The summed E-state index contributed by atoms with van der Waals surface area (Å²) in [6.45, 7) is 9.50. The molecule has 6 atom stereocenters. The fourth-order valence-corrected chi connectivity index (χ4v) is 10.5. The van der Waals surface area contributed by atoms with Gasteiger partial charge in [0.1, 0.15) is 12.1 Å². The average Bonchev–Trinajstić information content (AvgIpc) is 4.05. The Hall–Kier alpha value is -6.00. The molecule has 3 aromatic carbocycles. The zero-order chi connectivity index (χ0) is 46.5. The maximum absolute atomic E-state index is 14.1. The van der Waals surface area contributed by atoms with Gasteiger partial charge in [-0.05, 0) is 102 Å². The van der Waals surface area contributed by atoms with Gasteiger partial charge in [-0.3, -0.25) is 29.1 Å². The number of hydrogen-bond donors (Lipinski definition) is 6. The van der Waals surface area contributed by atoms with Crippen molar-refractivity contribution in [1.82, 2.24) is 30.4 Å². The minimum absolute atomic E-state index is 0.0157. The summed E-state index contributed by atoms with van der Waals surface area (Å²) < 4.78 is 0. The van der Waals surface area contributed by atoms with Crippen molar-refractivity contribution < 1.29 is 29.4 Å². The number of nitrogens with zero attached hydrogens (tertiary/aromatic N) is 4. The first-order valence-electron chi connectivity index (χ1n) is 22.9. The molecule has 0 unspecified atom stereocenters. The number of fused-ring (bicyclic) bond motifs is 3. The number of thiazole rings is 1. The van der Waals surface area contributed by atoms with E-state index in [2.05, 4.69) is 54.3 Å². The van der Waals surface area contributed by atoms with E-state index < -0.39 is 29.5 Å². The van der Waals surface area contributed by atoms with Gasteiger partial charge < -0.3 is 36.4 Å². The molecule has 15 heteroatoms. The molecule has 2 saturated heterocycles. The number of pyridine rings is 1. The summed E-state index contributed by atoms with van der Waals surface area (Å²) >= 11 is 1.57. The predicted molar refractivity (Wildman–Crippen MR) is 256 cm³/mol. The second-order valence-electron chi connectivity index (χ2n) is 18.9. The van der Waals surface area contributed by atoms with Crippen molar-refractivity contribution in [3.05, 3.63) is 119 Å². The van der Waals surface area contributed by atoms with Crippen LogP contribution in [0.2, 0.25) is 0 Å². The van der Waals surface area contributed by atoms with Crippen LogP contribution in [0.25, 0.3) is 21.6 Å². The van der Waals surface area contributed by atoms with Gasteiger partial charge in [-0.1, -0.05) is 63.2 Å². The summed E-state index contributed by atoms with van der Waals surface area (Å²) in [4.78, 5) is 67.7. The third kappa shape index (κ3) is 10.7. The Kier molecular flexibility index (Phi) is 14.3. The van der Waals surface area contributed by atoms with Crippen LogP contribution in [0.15, 0.2) is 96.8 Å². The molecule has 3 aliphatic rings. The minimum atomic E-state index is -0.968. The Morgan fingerprint density at radius 2 is 1.67 bits per heavy atom. The van der Waals surface area contributed by atoms with Crippen molar-refractivity contribution in [2.24, 2.45) is 11.3 Å². The molecule has 2 aromatic heterocycles. The van der Waals surface area contributed by atoms with E-state index in [1.807, 2.05) is 106 Å². The molecular formula is C51H60N8O6S. The Bertz CT molecular complexity index is 2530. The lowest BCUT2D eigenvalue weighted by Gasteiger charge is -2.39. The smallest absolute Gasteiger partial charge is 0.246 e. The van der Waals surface area contributed by atoms with Gasteiger partial charge in [0.25, 0.3) is 0 Å². The van der Waals surface area contributed by atoms with Gasteiger partial charge in [0.15, 0.2) is 0 Å². The topological polar surface area (TPSA) is 189 Å². The Morgan fingerprint density at radius 1 is 0.924 bits per heavy atom. The summed E-state index contributed by atoms with van der Waals surface area (Å²) in [5.41, 5.74) is 10.0. The molecule has 5 aromatic rings. The van der Waals surface area contributed by atoms with E-state index in [1.54, 1.807) is 11.3 Å². The van der Waals surface area contributed by atoms with Gasteiger partial charge >= 0.3 is 0 Å². The van der Waals surface area contributed by atoms with Crippen molar-refractivity contribution in [1.29, 1.82) is 0 Å². The zero-order valence-corrected chi connectivity index (χ0v) is 38.8. The second kappa shape index (κ2) is 20.3. The molecule has 346 valence electrons. The number of β-amino-alcohol motifs (C(OH)–C–C–N with tert-alkyl or cyclic N) is 1. The van der Waals surface area contributed by atoms with Crippen LogP contribution >= 0.6 is 11.3 Å². The Balaban J connectivity index is 0.845. The highest BCUT2D eigenvalue weighted by molar-refractivity contribution is 7.13. The summed E-state index contributed by atoms with van der Waals surface area (Å²) in [6.07, 6.45) is 4.19. The Morgan fingerprint density at radius 3 is 2.39 bits per heavy atom. The first kappa shape index (κ1) is 46.5. The van der Waals surface area contributed by atoms with Crippen molar-refractivity contribution in [3.63, 3.8) is 0 Å². The van der Waals surface area contributed by atoms with Crippen LogP contribution < -0.4 is 21.3 Å². The number of amides is 4. The second-order valence-corrected chi connectivity index (χ2v) is 19.7. The van der Waals surface area contributed by atoms with E-state index in [4.69, 9.17) is 0 Å². The van der Waals surface area contributed by atoms with Crippen molar-refractivity contribution in [2.75, 3.05) is 30.3 Å². The van der Waals surface area contributed by atoms with Crippen LogP contribution in [-0.4, -0.2) is 97.5 Å². The van der Waals surface area contributed by atoms with E-state index in [0.717, 1.165) is 58.0 Å². The van der Waals surface area contributed by atoms with Crippen molar-refractivity contribution in [2.45, 2.75) is 103 Å². The van der Waals surface area contributed by atoms with E-state index in [9.17, 15) is 29.4 Å². The quantitative estimate of drug-likeness (QED) is 0.0682.